The molecular formula is C54H46N7OPt-3. The van der Waals surface area contributed by atoms with Crippen LogP contribution in [0.25, 0.3) is 61.8 Å². The molecule has 0 radical (unpaired) electrons. The van der Waals surface area contributed by atoms with Gasteiger partial charge >= 0.3 is 0 Å². The molecule has 1 aliphatic rings. The Balaban J connectivity index is 0.00000504. The van der Waals surface area contributed by atoms with Gasteiger partial charge in [0.1, 0.15) is 11.6 Å². The van der Waals surface area contributed by atoms with E-state index in [9.17, 15) is 0 Å². The van der Waals surface area contributed by atoms with Gasteiger partial charge in [0.25, 0.3) is 0 Å². The van der Waals surface area contributed by atoms with Crippen LogP contribution in [-0.4, -0.2) is 31.6 Å². The van der Waals surface area contributed by atoms with Crippen molar-refractivity contribution in [3.63, 3.8) is 0 Å². The van der Waals surface area contributed by atoms with Crippen molar-refractivity contribution in [2.45, 2.75) is 52.4 Å². The molecule has 0 saturated carbocycles. The molecule has 9 heteroatoms. The fourth-order valence-corrected chi connectivity index (χ4v) is 8.08. The molecule has 3 aromatic heterocycles. The number of anilines is 3. The van der Waals surface area contributed by atoms with Crippen molar-refractivity contribution in [2.75, 3.05) is 16.8 Å². The molecule has 63 heavy (non-hydrogen) atoms. The summed E-state index contributed by atoms with van der Waals surface area (Å²) >= 11 is 0. The van der Waals surface area contributed by atoms with E-state index in [4.69, 9.17) is 24.7 Å². The zero-order chi connectivity index (χ0) is 42.8. The van der Waals surface area contributed by atoms with E-state index < -0.39 is 0 Å². The van der Waals surface area contributed by atoms with Gasteiger partial charge in [0, 0.05) is 66.8 Å². The van der Waals surface area contributed by atoms with Crippen molar-refractivity contribution >= 4 is 38.9 Å². The molecule has 1 aliphatic heterocycles. The summed E-state index contributed by atoms with van der Waals surface area (Å²) in [5, 5.41) is 2.01. The van der Waals surface area contributed by atoms with Gasteiger partial charge in [-0.25, -0.2) is 19.9 Å². The normalized spacial score (nSPS) is 12.7. The van der Waals surface area contributed by atoms with Crippen LogP contribution in [0.5, 0.6) is 11.5 Å². The predicted octanol–water partition coefficient (Wildman–Crippen LogP) is 13.1. The SMILES string of the molecule is CN1[CH-]N(c2[c-]c(Oc3[c-]c4c(cc3-c3nc(-c5ccc(C(C)(C)C)cc5)nc(-c5ccc(C(C)(C)C)cc5)n3)c3ccccc3n4-c3ccccn3)ccc2)c2ccccc21.[Pt]. The largest absolute Gasteiger partial charge is 0.508 e. The molecule has 0 atom stereocenters. The number of para-hydroxylation sites is 3. The number of benzene rings is 6. The molecule has 0 bridgehead atoms. The van der Waals surface area contributed by atoms with Gasteiger partial charge in [-0.05, 0) is 70.3 Å². The van der Waals surface area contributed by atoms with Crippen molar-refractivity contribution in [2.24, 2.45) is 0 Å². The topological polar surface area (TPSA) is 72.2 Å². The van der Waals surface area contributed by atoms with Crippen LogP contribution in [0.1, 0.15) is 52.7 Å². The molecule has 0 fully saturated rings. The maximum atomic E-state index is 6.97. The van der Waals surface area contributed by atoms with E-state index in [1.165, 1.54) is 11.1 Å². The second-order valence-corrected chi connectivity index (χ2v) is 17.9. The summed E-state index contributed by atoms with van der Waals surface area (Å²) in [7, 11) is 2.05. The second kappa shape index (κ2) is 16.2. The molecule has 0 N–H and O–H groups in total. The molecular weight excluding hydrogens is 958 g/mol. The van der Waals surface area contributed by atoms with Crippen molar-refractivity contribution in [1.29, 1.82) is 0 Å². The first-order valence-electron chi connectivity index (χ1n) is 20.9. The summed E-state index contributed by atoms with van der Waals surface area (Å²) in [4.78, 5) is 24.6. The Kier molecular flexibility index (Phi) is 10.8. The van der Waals surface area contributed by atoms with Gasteiger partial charge in [0.05, 0.1) is 0 Å². The predicted molar refractivity (Wildman–Crippen MR) is 251 cm³/mol. The van der Waals surface area contributed by atoms with Crippen LogP contribution in [0.15, 0.2) is 146 Å². The Morgan fingerprint density at radius 2 is 1.19 bits per heavy atom. The summed E-state index contributed by atoms with van der Waals surface area (Å²) in [6.45, 7) is 15.4. The van der Waals surface area contributed by atoms with Crippen LogP contribution in [0.3, 0.4) is 0 Å². The van der Waals surface area contributed by atoms with E-state index in [2.05, 4.69) is 160 Å². The van der Waals surface area contributed by atoms with Gasteiger partial charge in [0.2, 0.25) is 0 Å². The van der Waals surface area contributed by atoms with Crippen LogP contribution in [0, 0.1) is 18.8 Å². The van der Waals surface area contributed by atoms with Gasteiger partial charge < -0.3 is 19.1 Å². The zero-order valence-corrected chi connectivity index (χ0v) is 38.6. The Bertz CT molecular complexity index is 3040. The molecule has 6 aromatic carbocycles. The first-order chi connectivity index (χ1) is 29.9. The quantitative estimate of drug-likeness (QED) is 0.147. The Morgan fingerprint density at radius 3 is 1.83 bits per heavy atom. The maximum absolute atomic E-state index is 6.97. The van der Waals surface area contributed by atoms with Crippen LogP contribution in [0.4, 0.5) is 17.1 Å². The minimum Gasteiger partial charge on any atom is -0.508 e. The summed E-state index contributed by atoms with van der Waals surface area (Å²) < 4.78 is 9.10. The number of hydrogen-bond acceptors (Lipinski definition) is 7. The van der Waals surface area contributed by atoms with Gasteiger partial charge in [-0.15, -0.1) is 41.4 Å². The maximum Gasteiger partial charge on any atom is 0.162 e. The molecule has 0 spiro atoms. The minimum atomic E-state index is -0.00484. The first kappa shape index (κ1) is 41.7. The van der Waals surface area contributed by atoms with Crippen molar-refractivity contribution in [1.82, 2.24) is 24.5 Å². The third-order valence-corrected chi connectivity index (χ3v) is 11.5. The monoisotopic (exact) mass is 1000 g/mol. The number of fused-ring (bicyclic) bond motifs is 4. The molecule has 0 aliphatic carbocycles. The second-order valence-electron chi connectivity index (χ2n) is 17.9. The van der Waals surface area contributed by atoms with Crippen LogP contribution >= 0.6 is 0 Å². The Morgan fingerprint density at radius 1 is 0.587 bits per heavy atom. The minimum absolute atomic E-state index is 0. The average molecular weight is 1000 g/mol. The number of rotatable bonds is 7. The average Bonchev–Trinajstić information content (AvgIpc) is 3.79. The van der Waals surface area contributed by atoms with Crippen LogP contribution < -0.4 is 14.5 Å². The summed E-state index contributed by atoms with van der Waals surface area (Å²) in [6.07, 6.45) is 1.81. The first-order valence-corrected chi connectivity index (χ1v) is 20.9. The van der Waals surface area contributed by atoms with Gasteiger partial charge in [-0.3, -0.25) is 0 Å². The molecule has 8 nitrogen and oxygen atoms in total. The standard InChI is InChI=1S/C54H46N7O.Pt/c1-53(2,3)37-26-22-35(23-27-37)50-56-51(36-24-28-38(29-25-36)54(4,5)6)58-52(57-50)43-32-42-41-17-8-9-18-44(41)61(49-21-12-13-30-55-49)47(42)33-48(43)62-40-16-14-15-39(31-40)60-34-59(7)45-19-10-11-20-46(45)60;/h8-30,32,34H,1-7H3;/q-3;. The van der Waals surface area contributed by atoms with E-state index in [1.54, 1.807) is 0 Å². The fraction of sp³-hybridized carbons (Fsp3) is 0.167. The number of hydrogen-bond donors (Lipinski definition) is 0. The summed E-state index contributed by atoms with van der Waals surface area (Å²) in [5.74, 6) is 3.33. The Labute approximate surface area is 383 Å². The van der Waals surface area contributed by atoms with Gasteiger partial charge in [-0.2, -0.15) is 12.7 Å². The molecule has 0 unspecified atom stereocenters. The molecule has 9 aromatic rings. The van der Waals surface area contributed by atoms with E-state index in [0.29, 0.717) is 34.5 Å². The van der Waals surface area contributed by atoms with E-state index in [1.807, 2.05) is 67.8 Å². The zero-order valence-electron chi connectivity index (χ0n) is 36.3. The fourth-order valence-electron chi connectivity index (χ4n) is 8.08. The Hall–Kier alpha value is -6.63. The molecule has 0 amide bonds. The third kappa shape index (κ3) is 7.89. The van der Waals surface area contributed by atoms with Crippen molar-refractivity contribution in [3.05, 3.63) is 176 Å². The van der Waals surface area contributed by atoms with Gasteiger partial charge in [0.15, 0.2) is 11.6 Å². The molecule has 0 saturated heterocycles. The van der Waals surface area contributed by atoms with Crippen LogP contribution in [0.2, 0.25) is 0 Å². The van der Waals surface area contributed by atoms with Crippen molar-refractivity contribution < 1.29 is 25.8 Å². The number of aromatic nitrogens is 5. The van der Waals surface area contributed by atoms with Gasteiger partial charge in [-0.1, -0.05) is 132 Å². The molecule has 10 rings (SSSR count). The van der Waals surface area contributed by atoms with Crippen molar-refractivity contribution in [3.8, 4) is 51.5 Å². The third-order valence-electron chi connectivity index (χ3n) is 11.5. The smallest absolute Gasteiger partial charge is 0.162 e. The summed E-state index contributed by atoms with van der Waals surface area (Å²) in [6, 6.07) is 55.0. The molecule has 316 valence electrons. The van der Waals surface area contributed by atoms with E-state index >= 15 is 0 Å². The number of ether oxygens (including phenoxy) is 1. The van der Waals surface area contributed by atoms with E-state index in [0.717, 1.165) is 55.8 Å². The number of nitrogens with zero attached hydrogens (tertiary/aromatic N) is 7. The summed E-state index contributed by atoms with van der Waals surface area (Å²) in [5.41, 5.74) is 9.72. The van der Waals surface area contributed by atoms with Crippen LogP contribution in [-0.2, 0) is 31.9 Å². The molecule has 4 heterocycles. The van der Waals surface area contributed by atoms with E-state index in [-0.39, 0.29) is 31.9 Å². The number of pyridine rings is 1.